The molecular formula is C16H21N7O3. The van der Waals surface area contributed by atoms with Crippen molar-refractivity contribution in [3.05, 3.63) is 40.3 Å². The Kier molecular flexibility index (Phi) is 5.54. The average molecular weight is 359 g/mol. The molecule has 1 aliphatic rings. The molecular weight excluding hydrogens is 338 g/mol. The molecule has 0 aromatic carbocycles. The number of hydrogen-bond acceptors (Lipinski definition) is 9. The van der Waals surface area contributed by atoms with Crippen molar-refractivity contribution in [1.29, 1.82) is 0 Å². The molecule has 0 spiro atoms. The van der Waals surface area contributed by atoms with E-state index >= 15 is 0 Å². The van der Waals surface area contributed by atoms with Crippen LogP contribution in [-0.4, -0.2) is 69.2 Å². The Bertz CT molecular complexity index is 778. The molecule has 26 heavy (non-hydrogen) atoms. The van der Waals surface area contributed by atoms with E-state index in [1.807, 2.05) is 24.0 Å². The lowest BCUT2D eigenvalue weighted by molar-refractivity contribution is -0.383. The van der Waals surface area contributed by atoms with Crippen molar-refractivity contribution in [2.45, 2.75) is 6.92 Å². The van der Waals surface area contributed by atoms with Crippen LogP contribution in [0.25, 0.3) is 0 Å². The van der Waals surface area contributed by atoms with Gasteiger partial charge in [0.2, 0.25) is 11.6 Å². The van der Waals surface area contributed by atoms with Gasteiger partial charge in [-0.3, -0.25) is 15.0 Å². The van der Waals surface area contributed by atoms with Crippen LogP contribution in [0.2, 0.25) is 0 Å². The van der Waals surface area contributed by atoms with Gasteiger partial charge >= 0.3 is 5.69 Å². The molecule has 2 aromatic rings. The second-order valence-electron chi connectivity index (χ2n) is 5.99. The van der Waals surface area contributed by atoms with Gasteiger partial charge in [0.05, 0.1) is 11.5 Å². The zero-order chi connectivity index (χ0) is 18.5. The number of piperazine rings is 1. The molecule has 1 aliphatic heterocycles. The summed E-state index contributed by atoms with van der Waals surface area (Å²) in [6, 6.07) is 5.39. The third-order valence-corrected chi connectivity index (χ3v) is 4.21. The number of rotatable bonds is 6. The molecule has 0 amide bonds. The van der Waals surface area contributed by atoms with Crippen LogP contribution in [0.3, 0.4) is 0 Å². The predicted octanol–water partition coefficient (Wildman–Crippen LogP) is 0.946. The van der Waals surface area contributed by atoms with E-state index in [1.165, 1.54) is 6.33 Å². The highest BCUT2D eigenvalue weighted by atomic mass is 16.6. The normalized spacial score (nSPS) is 15.1. The summed E-state index contributed by atoms with van der Waals surface area (Å²) in [5.41, 5.74) is 0.637. The van der Waals surface area contributed by atoms with Crippen LogP contribution in [0.1, 0.15) is 5.69 Å². The fourth-order valence-corrected chi connectivity index (χ4v) is 2.92. The van der Waals surface area contributed by atoms with Crippen LogP contribution in [-0.2, 0) is 0 Å². The summed E-state index contributed by atoms with van der Waals surface area (Å²) >= 11 is 0. The van der Waals surface area contributed by atoms with Crippen molar-refractivity contribution in [3.63, 3.8) is 0 Å². The molecule has 0 bridgehead atoms. The third kappa shape index (κ3) is 4.03. The molecule has 0 radical (unpaired) electrons. The molecule has 0 aliphatic carbocycles. The van der Waals surface area contributed by atoms with E-state index in [2.05, 4.69) is 25.2 Å². The zero-order valence-corrected chi connectivity index (χ0v) is 14.5. The Balaban J connectivity index is 1.86. The van der Waals surface area contributed by atoms with Crippen LogP contribution in [0.15, 0.2) is 24.5 Å². The maximum atomic E-state index is 11.7. The third-order valence-electron chi connectivity index (χ3n) is 4.21. The molecule has 0 unspecified atom stereocenters. The van der Waals surface area contributed by atoms with Crippen molar-refractivity contribution < 1.29 is 10.0 Å². The molecule has 0 saturated carbocycles. The summed E-state index contributed by atoms with van der Waals surface area (Å²) in [6.45, 7) is 5.17. The van der Waals surface area contributed by atoms with Gasteiger partial charge in [-0.25, -0.2) is 15.0 Å². The van der Waals surface area contributed by atoms with Gasteiger partial charge < -0.3 is 15.3 Å². The minimum Gasteiger partial charge on any atom is -0.395 e. The van der Waals surface area contributed by atoms with E-state index in [-0.39, 0.29) is 18.1 Å². The van der Waals surface area contributed by atoms with Crippen molar-refractivity contribution >= 4 is 23.1 Å². The van der Waals surface area contributed by atoms with Gasteiger partial charge in [-0.2, -0.15) is 0 Å². The Hall–Kier alpha value is -2.85. The van der Waals surface area contributed by atoms with E-state index in [4.69, 9.17) is 5.11 Å². The van der Waals surface area contributed by atoms with Gasteiger partial charge in [-0.05, 0) is 19.1 Å². The van der Waals surface area contributed by atoms with E-state index in [0.717, 1.165) is 5.69 Å². The highest BCUT2D eigenvalue weighted by molar-refractivity contribution is 5.73. The van der Waals surface area contributed by atoms with E-state index in [0.29, 0.717) is 44.4 Å². The summed E-state index contributed by atoms with van der Waals surface area (Å²) in [5.74, 6) is 0.908. The molecule has 138 valence electrons. The van der Waals surface area contributed by atoms with Gasteiger partial charge in [0.15, 0.2) is 0 Å². The van der Waals surface area contributed by atoms with Crippen molar-refractivity contribution in [2.75, 3.05) is 49.5 Å². The molecule has 10 nitrogen and oxygen atoms in total. The summed E-state index contributed by atoms with van der Waals surface area (Å²) < 4.78 is 0. The van der Waals surface area contributed by atoms with Gasteiger partial charge in [0, 0.05) is 38.4 Å². The quantitative estimate of drug-likeness (QED) is 0.573. The largest absolute Gasteiger partial charge is 0.395 e. The summed E-state index contributed by atoms with van der Waals surface area (Å²) in [4.78, 5) is 27.7. The number of pyridine rings is 1. The number of aliphatic hydroxyl groups is 1. The first-order valence-corrected chi connectivity index (χ1v) is 8.36. The minimum absolute atomic E-state index is 0.102. The number of aromatic nitrogens is 3. The average Bonchev–Trinajstić information content (AvgIpc) is 2.62. The first-order valence-electron chi connectivity index (χ1n) is 8.36. The Labute approximate surface area is 150 Å². The summed E-state index contributed by atoms with van der Waals surface area (Å²) in [7, 11) is 0. The van der Waals surface area contributed by atoms with E-state index in [9.17, 15) is 10.1 Å². The smallest absolute Gasteiger partial charge is 0.353 e. The summed E-state index contributed by atoms with van der Waals surface area (Å²) in [6.07, 6.45) is 1.32. The number of nitrogens with one attached hydrogen (secondary N) is 1. The fourth-order valence-electron chi connectivity index (χ4n) is 2.92. The van der Waals surface area contributed by atoms with Crippen LogP contribution in [0, 0.1) is 17.0 Å². The standard InChI is InChI=1S/C16H21N7O3/c1-12-3-2-4-13(19-12)20-15-14(23(25)26)16(18-11-17-15)22-7-5-21(6-8-22)9-10-24/h2-4,11,24H,5-10H2,1H3,(H,17,18,19,20). The van der Waals surface area contributed by atoms with Crippen LogP contribution in [0.5, 0.6) is 0 Å². The number of aliphatic hydroxyl groups excluding tert-OH is 1. The maximum Gasteiger partial charge on any atom is 0.353 e. The highest BCUT2D eigenvalue weighted by Gasteiger charge is 2.29. The minimum atomic E-state index is -0.465. The molecule has 1 saturated heterocycles. The highest BCUT2D eigenvalue weighted by Crippen LogP contribution is 2.33. The number of nitro groups is 1. The number of hydrogen-bond donors (Lipinski definition) is 2. The van der Waals surface area contributed by atoms with Gasteiger partial charge in [-0.15, -0.1) is 0 Å². The molecule has 1 fully saturated rings. The molecule has 2 aromatic heterocycles. The Morgan fingerprint density at radius 1 is 1.27 bits per heavy atom. The number of β-amino-alcohol motifs (C(OH)–C–C–N with tert-alkyl or cyclic N) is 1. The van der Waals surface area contributed by atoms with Crippen LogP contribution >= 0.6 is 0 Å². The predicted molar refractivity (Wildman–Crippen MR) is 96.7 cm³/mol. The van der Waals surface area contributed by atoms with E-state index < -0.39 is 4.92 Å². The Morgan fingerprint density at radius 3 is 2.69 bits per heavy atom. The van der Waals surface area contributed by atoms with Crippen molar-refractivity contribution in [3.8, 4) is 0 Å². The van der Waals surface area contributed by atoms with Crippen molar-refractivity contribution in [1.82, 2.24) is 19.9 Å². The molecule has 10 heteroatoms. The second-order valence-corrected chi connectivity index (χ2v) is 5.99. The van der Waals surface area contributed by atoms with Crippen LogP contribution in [0.4, 0.5) is 23.1 Å². The van der Waals surface area contributed by atoms with Crippen LogP contribution < -0.4 is 10.2 Å². The van der Waals surface area contributed by atoms with Gasteiger partial charge in [0.1, 0.15) is 12.1 Å². The number of aryl methyl sites for hydroxylation is 1. The van der Waals surface area contributed by atoms with Crippen molar-refractivity contribution in [2.24, 2.45) is 0 Å². The number of nitrogens with zero attached hydrogens (tertiary/aromatic N) is 6. The SMILES string of the molecule is Cc1cccc(Nc2ncnc(N3CCN(CCO)CC3)c2[N+](=O)[O-])n1. The zero-order valence-electron chi connectivity index (χ0n) is 14.5. The fraction of sp³-hybridized carbons (Fsp3) is 0.438. The van der Waals surface area contributed by atoms with E-state index in [1.54, 1.807) is 6.07 Å². The topological polar surface area (TPSA) is 121 Å². The van der Waals surface area contributed by atoms with Gasteiger partial charge in [0.25, 0.3) is 0 Å². The lowest BCUT2D eigenvalue weighted by Crippen LogP contribution is -2.47. The van der Waals surface area contributed by atoms with Gasteiger partial charge in [-0.1, -0.05) is 6.07 Å². The first kappa shape index (κ1) is 18.0. The molecule has 0 atom stereocenters. The monoisotopic (exact) mass is 359 g/mol. The maximum absolute atomic E-state index is 11.7. The lowest BCUT2D eigenvalue weighted by Gasteiger charge is -2.34. The molecule has 3 rings (SSSR count). The summed E-state index contributed by atoms with van der Waals surface area (Å²) in [5, 5.41) is 23.7. The first-order chi connectivity index (χ1) is 12.6. The number of anilines is 3. The lowest BCUT2D eigenvalue weighted by atomic mass is 10.3. The Morgan fingerprint density at radius 2 is 2.04 bits per heavy atom. The molecule has 3 heterocycles. The second kappa shape index (κ2) is 8.02. The molecule has 2 N–H and O–H groups in total.